The monoisotopic (exact) mass is 429 g/mol. The van der Waals surface area contributed by atoms with Crippen LogP contribution in [0.25, 0.3) is 0 Å². The molecule has 1 aromatic rings. The van der Waals surface area contributed by atoms with Crippen LogP contribution < -0.4 is 16.4 Å². The first-order chi connectivity index (χ1) is 12.2. The Bertz CT molecular complexity index is 724. The van der Waals surface area contributed by atoms with Crippen molar-refractivity contribution in [3.05, 3.63) is 38.6 Å². The van der Waals surface area contributed by atoms with Crippen LogP contribution in [0, 0.1) is 10.1 Å². The van der Waals surface area contributed by atoms with Gasteiger partial charge in [0.2, 0.25) is 5.82 Å². The molecule has 1 aromatic heterocycles. The van der Waals surface area contributed by atoms with Gasteiger partial charge in [-0.1, -0.05) is 0 Å². The molecule has 1 atom stereocenters. The topological polar surface area (TPSA) is 140 Å². The minimum Gasteiger partial charge on any atom is -0.379 e. The smallest absolute Gasteiger partial charge is 0.323 e. The van der Waals surface area contributed by atoms with E-state index in [9.17, 15) is 14.9 Å². The van der Waals surface area contributed by atoms with Crippen molar-refractivity contribution in [1.29, 1.82) is 0 Å². The van der Waals surface area contributed by atoms with E-state index in [0.29, 0.717) is 24.3 Å². The van der Waals surface area contributed by atoms with Gasteiger partial charge >= 0.3 is 11.7 Å². The Morgan fingerprint density at radius 2 is 2.38 bits per heavy atom. The minimum absolute atomic E-state index is 0.114. The zero-order chi connectivity index (χ0) is 19.3. The Morgan fingerprint density at radius 3 is 3.04 bits per heavy atom. The first-order valence-electron chi connectivity index (χ1n) is 7.92. The van der Waals surface area contributed by atoms with Crippen molar-refractivity contribution in [2.45, 2.75) is 12.5 Å². The van der Waals surface area contributed by atoms with Crippen LogP contribution in [0.5, 0.6) is 0 Å². The van der Waals surface area contributed by atoms with Crippen LogP contribution in [-0.2, 0) is 4.74 Å². The lowest BCUT2D eigenvalue weighted by Crippen LogP contribution is -2.79. The average Bonchev–Trinajstić information content (AvgIpc) is 2.86. The first-order valence-corrected chi connectivity index (χ1v) is 8.71. The van der Waals surface area contributed by atoms with Crippen molar-refractivity contribution in [3.63, 3.8) is 0 Å². The van der Waals surface area contributed by atoms with Crippen LogP contribution in [0.2, 0.25) is 0 Å². The van der Waals surface area contributed by atoms with Gasteiger partial charge in [-0.2, -0.15) is 0 Å². The summed E-state index contributed by atoms with van der Waals surface area (Å²) in [6, 6.07) is 2.23. The average molecular weight is 430 g/mol. The second-order valence-corrected chi connectivity index (χ2v) is 6.98. The number of carbonyl (C=O) groups excluding carboxylic acids is 1. The van der Waals surface area contributed by atoms with E-state index in [1.54, 1.807) is 7.11 Å². The summed E-state index contributed by atoms with van der Waals surface area (Å²) >= 11 is 3.15. The van der Waals surface area contributed by atoms with Crippen molar-refractivity contribution in [3.8, 4) is 0 Å². The quantitative estimate of drug-likeness (QED) is 0.259. The van der Waals surface area contributed by atoms with Gasteiger partial charge in [0.25, 0.3) is 0 Å². The SMILES string of the molecule is COCC[NH2+]C=C1CN(C(=O)Nc2nc(Br)ccc2[N+](=O)[O-])CC1(C)N. The number of hydrogen-bond acceptors (Lipinski definition) is 6. The fraction of sp³-hybridized carbons (Fsp3) is 0.467. The molecule has 11 heteroatoms. The fourth-order valence-corrected chi connectivity index (χ4v) is 2.90. The third kappa shape index (κ3) is 4.97. The van der Waals surface area contributed by atoms with Gasteiger partial charge in [0, 0.05) is 25.3 Å². The second-order valence-electron chi connectivity index (χ2n) is 6.17. The number of amides is 2. The highest BCUT2D eigenvalue weighted by Gasteiger charge is 2.38. The number of nitrogens with two attached hydrogens (primary N) is 2. The Labute approximate surface area is 159 Å². The van der Waals surface area contributed by atoms with Crippen LogP contribution in [0.1, 0.15) is 6.92 Å². The molecule has 2 heterocycles. The normalized spacial score (nSPS) is 21.2. The number of methoxy groups -OCH3 is 1. The summed E-state index contributed by atoms with van der Waals surface area (Å²) in [6.45, 7) is 3.83. The number of halogens is 1. The van der Waals surface area contributed by atoms with Gasteiger partial charge in [-0.05, 0) is 28.9 Å². The van der Waals surface area contributed by atoms with Crippen molar-refractivity contribution in [1.82, 2.24) is 9.88 Å². The zero-order valence-electron chi connectivity index (χ0n) is 14.6. The van der Waals surface area contributed by atoms with Crippen LogP contribution in [0.15, 0.2) is 28.5 Å². The molecule has 26 heavy (non-hydrogen) atoms. The summed E-state index contributed by atoms with van der Waals surface area (Å²) in [5, 5.41) is 15.6. The largest absolute Gasteiger partial charge is 0.379 e. The molecule has 0 radical (unpaired) electrons. The van der Waals surface area contributed by atoms with E-state index in [4.69, 9.17) is 10.5 Å². The number of nitrogens with one attached hydrogen (secondary N) is 1. The molecule has 0 bridgehead atoms. The Morgan fingerprint density at radius 1 is 1.65 bits per heavy atom. The number of urea groups is 1. The molecule has 0 saturated carbocycles. The molecule has 5 N–H and O–H groups in total. The van der Waals surface area contributed by atoms with E-state index in [1.165, 1.54) is 17.0 Å². The standard InChI is InChI=1S/C15H21BrN6O4/c1-15(17)9-21(8-10(15)7-18-5-6-26-2)14(23)20-13-11(22(24)25)3-4-12(16)19-13/h3-4,7,18H,5-6,8-9,17H2,1-2H3,(H,19,20,23)/p+1. The lowest BCUT2D eigenvalue weighted by atomic mass is 9.98. The van der Waals surface area contributed by atoms with Gasteiger partial charge in [-0.25, -0.2) is 9.78 Å². The van der Waals surface area contributed by atoms with Crippen molar-refractivity contribution >= 4 is 33.5 Å². The maximum absolute atomic E-state index is 12.5. The fourth-order valence-electron chi connectivity index (χ4n) is 2.59. The molecule has 0 spiro atoms. The third-order valence-electron chi connectivity index (χ3n) is 3.97. The number of carbonyl (C=O) groups is 1. The van der Waals surface area contributed by atoms with Gasteiger partial charge in [0.05, 0.1) is 29.8 Å². The van der Waals surface area contributed by atoms with Crippen LogP contribution >= 0.6 is 15.9 Å². The van der Waals surface area contributed by atoms with Gasteiger partial charge < -0.3 is 20.7 Å². The molecule has 2 amide bonds. The third-order valence-corrected chi connectivity index (χ3v) is 4.41. The number of quaternary nitrogens is 1. The highest BCUT2D eigenvalue weighted by molar-refractivity contribution is 9.10. The van der Waals surface area contributed by atoms with Gasteiger partial charge in [-0.15, -0.1) is 0 Å². The number of ether oxygens (including phenoxy) is 1. The Kier molecular flexibility index (Phi) is 6.64. The molecule has 0 aromatic carbocycles. The molecule has 10 nitrogen and oxygen atoms in total. The van der Waals surface area contributed by atoms with Gasteiger partial charge in [0.15, 0.2) is 0 Å². The Hall–Kier alpha value is -2.08. The number of rotatable bonds is 6. The zero-order valence-corrected chi connectivity index (χ0v) is 16.2. The lowest BCUT2D eigenvalue weighted by molar-refractivity contribution is -0.590. The maximum atomic E-state index is 12.5. The first kappa shape index (κ1) is 20.2. The maximum Gasteiger partial charge on any atom is 0.323 e. The van der Waals surface area contributed by atoms with Gasteiger partial charge in [0.1, 0.15) is 11.1 Å². The van der Waals surface area contributed by atoms with Crippen molar-refractivity contribution < 1.29 is 19.8 Å². The van der Waals surface area contributed by atoms with E-state index in [1.807, 2.05) is 18.4 Å². The number of hydrogen-bond donors (Lipinski definition) is 3. The van der Waals surface area contributed by atoms with E-state index in [2.05, 4.69) is 26.2 Å². The summed E-state index contributed by atoms with van der Waals surface area (Å²) in [6.07, 6.45) is 1.91. The summed E-state index contributed by atoms with van der Waals surface area (Å²) in [5.41, 5.74) is 6.24. The molecule has 142 valence electrons. The molecule has 1 aliphatic heterocycles. The number of nitro groups is 1. The molecule has 1 fully saturated rings. The van der Waals surface area contributed by atoms with Crippen LogP contribution in [0.4, 0.5) is 16.3 Å². The van der Waals surface area contributed by atoms with E-state index in [0.717, 1.165) is 12.1 Å². The molecule has 1 saturated heterocycles. The highest BCUT2D eigenvalue weighted by atomic mass is 79.9. The summed E-state index contributed by atoms with van der Waals surface area (Å²) in [4.78, 5) is 28.5. The summed E-state index contributed by atoms with van der Waals surface area (Å²) in [5.74, 6) is -0.114. The molecular weight excluding hydrogens is 408 g/mol. The predicted octanol–water partition coefficient (Wildman–Crippen LogP) is 0.411. The Balaban J connectivity index is 2.09. The predicted molar refractivity (Wildman–Crippen MR) is 98.5 cm³/mol. The number of nitrogens with zero attached hydrogens (tertiary/aromatic N) is 3. The van der Waals surface area contributed by atoms with Crippen molar-refractivity contribution in [2.75, 3.05) is 38.7 Å². The molecule has 1 aliphatic rings. The van der Waals surface area contributed by atoms with Crippen LogP contribution in [0.3, 0.4) is 0 Å². The molecule has 1 unspecified atom stereocenters. The van der Waals surface area contributed by atoms with Crippen molar-refractivity contribution in [2.24, 2.45) is 5.73 Å². The highest BCUT2D eigenvalue weighted by Crippen LogP contribution is 2.27. The molecule has 2 rings (SSSR count). The van der Waals surface area contributed by atoms with Crippen LogP contribution in [-0.4, -0.2) is 59.7 Å². The minimum atomic E-state index is -0.669. The lowest BCUT2D eigenvalue weighted by Gasteiger charge is -2.19. The molecular formula is C15H22BrN6O4+. The molecule has 0 aliphatic carbocycles. The summed E-state index contributed by atoms with van der Waals surface area (Å²) in [7, 11) is 1.63. The summed E-state index contributed by atoms with van der Waals surface area (Å²) < 4.78 is 5.38. The second kappa shape index (κ2) is 8.54. The number of pyridine rings is 1. The van der Waals surface area contributed by atoms with E-state index >= 15 is 0 Å². The number of aromatic nitrogens is 1. The van der Waals surface area contributed by atoms with Gasteiger partial charge in [-0.3, -0.25) is 15.4 Å². The van der Waals surface area contributed by atoms with E-state index < -0.39 is 16.5 Å². The van der Waals surface area contributed by atoms with E-state index in [-0.39, 0.29) is 11.5 Å². The number of anilines is 1. The number of likely N-dealkylation sites (tertiary alicyclic amines) is 1.